The first-order valence-corrected chi connectivity index (χ1v) is 8.61. The monoisotopic (exact) mass is 332 g/mol. The van der Waals surface area contributed by atoms with Gasteiger partial charge in [-0.3, -0.25) is 9.59 Å². The normalized spacial score (nSPS) is 19.2. The Morgan fingerprint density at radius 3 is 2.58 bits per heavy atom. The molecule has 1 aliphatic rings. The zero-order valence-corrected chi connectivity index (χ0v) is 14.8. The smallest absolute Gasteiger partial charge is 0.251 e. The van der Waals surface area contributed by atoms with Gasteiger partial charge in [0.2, 0.25) is 5.91 Å². The second kappa shape index (κ2) is 7.79. The SMILES string of the molecule is CC(C)(C)NC(=O)C(O)[C@@H]1CCCN1C(=O)CCc1ccccc1. The average molecular weight is 332 g/mol. The lowest BCUT2D eigenvalue weighted by atomic mass is 10.0. The predicted octanol–water partition coefficient (Wildman–Crippen LogP) is 1.89. The van der Waals surface area contributed by atoms with Gasteiger partial charge < -0.3 is 15.3 Å². The van der Waals surface area contributed by atoms with E-state index in [1.807, 2.05) is 51.1 Å². The lowest BCUT2D eigenvalue weighted by Gasteiger charge is -2.30. The van der Waals surface area contributed by atoms with Crippen molar-refractivity contribution >= 4 is 11.8 Å². The second-order valence-electron chi connectivity index (χ2n) is 7.47. The highest BCUT2D eigenvalue weighted by atomic mass is 16.3. The molecule has 1 heterocycles. The number of carbonyl (C=O) groups is 2. The molecule has 1 aromatic carbocycles. The first kappa shape index (κ1) is 18.5. The fourth-order valence-corrected chi connectivity index (χ4v) is 3.09. The maximum atomic E-state index is 12.5. The number of aliphatic hydroxyl groups is 1. The molecule has 1 unspecified atom stereocenters. The molecule has 5 heteroatoms. The summed E-state index contributed by atoms with van der Waals surface area (Å²) in [5.74, 6) is -0.403. The minimum atomic E-state index is -1.17. The summed E-state index contributed by atoms with van der Waals surface area (Å²) in [6.07, 6.45) is 1.38. The van der Waals surface area contributed by atoms with Crippen molar-refractivity contribution in [2.45, 2.75) is 64.1 Å². The molecule has 0 saturated carbocycles. The van der Waals surface area contributed by atoms with Gasteiger partial charge in [0.05, 0.1) is 6.04 Å². The third-order valence-corrected chi connectivity index (χ3v) is 4.22. The maximum Gasteiger partial charge on any atom is 0.251 e. The summed E-state index contributed by atoms with van der Waals surface area (Å²) < 4.78 is 0. The van der Waals surface area contributed by atoms with Crippen LogP contribution >= 0.6 is 0 Å². The van der Waals surface area contributed by atoms with Crippen molar-refractivity contribution in [2.75, 3.05) is 6.54 Å². The molecule has 0 spiro atoms. The fourth-order valence-electron chi connectivity index (χ4n) is 3.09. The fraction of sp³-hybridized carbons (Fsp3) is 0.579. The molecule has 1 saturated heterocycles. The van der Waals surface area contributed by atoms with E-state index >= 15 is 0 Å². The van der Waals surface area contributed by atoms with Crippen LogP contribution in [0.15, 0.2) is 30.3 Å². The number of aryl methyl sites for hydroxylation is 1. The predicted molar refractivity (Wildman–Crippen MR) is 93.4 cm³/mol. The van der Waals surface area contributed by atoms with E-state index in [0.717, 1.165) is 12.0 Å². The van der Waals surface area contributed by atoms with Gasteiger partial charge in [-0.05, 0) is 45.6 Å². The van der Waals surface area contributed by atoms with E-state index in [0.29, 0.717) is 25.8 Å². The Morgan fingerprint density at radius 2 is 1.96 bits per heavy atom. The third kappa shape index (κ3) is 5.06. The first-order chi connectivity index (χ1) is 11.3. The molecule has 2 N–H and O–H groups in total. The number of amides is 2. The second-order valence-corrected chi connectivity index (χ2v) is 7.47. The molecule has 0 aliphatic carbocycles. The molecule has 0 aromatic heterocycles. The van der Waals surface area contributed by atoms with Gasteiger partial charge in [0.1, 0.15) is 0 Å². The Balaban J connectivity index is 1.94. The number of nitrogens with zero attached hydrogens (tertiary/aromatic N) is 1. The largest absolute Gasteiger partial charge is 0.381 e. The molecule has 1 aromatic rings. The van der Waals surface area contributed by atoms with Crippen LogP contribution in [0.5, 0.6) is 0 Å². The van der Waals surface area contributed by atoms with Crippen molar-refractivity contribution in [2.24, 2.45) is 0 Å². The molecule has 1 fully saturated rings. The third-order valence-electron chi connectivity index (χ3n) is 4.22. The Morgan fingerprint density at radius 1 is 1.29 bits per heavy atom. The number of hydrogen-bond acceptors (Lipinski definition) is 3. The average Bonchev–Trinajstić information content (AvgIpc) is 3.00. The molecule has 2 amide bonds. The van der Waals surface area contributed by atoms with Crippen LogP contribution in [0, 0.1) is 0 Å². The van der Waals surface area contributed by atoms with Crippen molar-refractivity contribution in [3.05, 3.63) is 35.9 Å². The van der Waals surface area contributed by atoms with Crippen LogP contribution in [-0.4, -0.2) is 46.1 Å². The van der Waals surface area contributed by atoms with Crippen LogP contribution in [0.4, 0.5) is 0 Å². The molecular weight excluding hydrogens is 304 g/mol. The number of carbonyl (C=O) groups excluding carboxylic acids is 2. The molecule has 1 aliphatic heterocycles. The molecule has 132 valence electrons. The minimum absolute atomic E-state index is 0.00367. The van der Waals surface area contributed by atoms with Crippen molar-refractivity contribution < 1.29 is 14.7 Å². The summed E-state index contributed by atoms with van der Waals surface area (Å²) in [5.41, 5.74) is 0.714. The van der Waals surface area contributed by atoms with Crippen molar-refractivity contribution in [1.82, 2.24) is 10.2 Å². The summed E-state index contributed by atoms with van der Waals surface area (Å²) in [5, 5.41) is 13.2. The van der Waals surface area contributed by atoms with Crippen LogP contribution in [0.1, 0.15) is 45.6 Å². The summed E-state index contributed by atoms with van der Waals surface area (Å²) >= 11 is 0. The standard InChI is InChI=1S/C19H28N2O3/c1-19(2,3)20-18(24)17(23)15-10-7-13-21(15)16(22)12-11-14-8-5-4-6-9-14/h4-6,8-9,15,17,23H,7,10-13H2,1-3H3,(H,20,24)/t15-,17?/m0/s1. The Hall–Kier alpha value is -1.88. The van der Waals surface area contributed by atoms with Gasteiger partial charge in [-0.2, -0.15) is 0 Å². The van der Waals surface area contributed by atoms with Crippen LogP contribution < -0.4 is 5.32 Å². The Kier molecular flexibility index (Phi) is 5.99. The summed E-state index contributed by atoms with van der Waals surface area (Å²) in [7, 11) is 0. The number of aliphatic hydroxyl groups excluding tert-OH is 1. The van der Waals surface area contributed by atoms with E-state index in [4.69, 9.17) is 0 Å². The van der Waals surface area contributed by atoms with E-state index in [1.54, 1.807) is 4.90 Å². The van der Waals surface area contributed by atoms with E-state index in [2.05, 4.69) is 5.32 Å². The van der Waals surface area contributed by atoms with Crippen LogP contribution in [0.3, 0.4) is 0 Å². The van der Waals surface area contributed by atoms with Gasteiger partial charge in [0, 0.05) is 18.5 Å². The maximum absolute atomic E-state index is 12.5. The van der Waals surface area contributed by atoms with E-state index in [-0.39, 0.29) is 5.91 Å². The number of benzene rings is 1. The zero-order valence-electron chi connectivity index (χ0n) is 14.8. The zero-order chi connectivity index (χ0) is 17.7. The molecule has 0 radical (unpaired) electrons. The Bertz CT molecular complexity index is 566. The summed E-state index contributed by atoms with van der Waals surface area (Å²) in [6.45, 7) is 6.22. The number of hydrogen-bond donors (Lipinski definition) is 2. The van der Waals surface area contributed by atoms with Crippen LogP contribution in [0.2, 0.25) is 0 Å². The van der Waals surface area contributed by atoms with Gasteiger partial charge in [-0.15, -0.1) is 0 Å². The molecule has 5 nitrogen and oxygen atoms in total. The lowest BCUT2D eigenvalue weighted by molar-refractivity contribution is -0.140. The molecule has 2 atom stereocenters. The van der Waals surface area contributed by atoms with Crippen molar-refractivity contribution in [3.8, 4) is 0 Å². The highest BCUT2D eigenvalue weighted by Crippen LogP contribution is 2.22. The molecule has 24 heavy (non-hydrogen) atoms. The number of nitrogens with one attached hydrogen (secondary N) is 1. The van der Waals surface area contributed by atoms with Gasteiger partial charge in [-0.25, -0.2) is 0 Å². The van der Waals surface area contributed by atoms with Crippen molar-refractivity contribution in [1.29, 1.82) is 0 Å². The highest BCUT2D eigenvalue weighted by Gasteiger charge is 2.37. The lowest BCUT2D eigenvalue weighted by Crippen LogP contribution is -2.53. The number of likely N-dealkylation sites (tertiary alicyclic amines) is 1. The highest BCUT2D eigenvalue weighted by molar-refractivity contribution is 5.84. The molecule has 0 bridgehead atoms. The van der Waals surface area contributed by atoms with Gasteiger partial charge >= 0.3 is 0 Å². The van der Waals surface area contributed by atoms with Crippen LogP contribution in [0.25, 0.3) is 0 Å². The summed E-state index contributed by atoms with van der Waals surface area (Å²) in [6, 6.07) is 9.45. The van der Waals surface area contributed by atoms with E-state index in [9.17, 15) is 14.7 Å². The minimum Gasteiger partial charge on any atom is -0.381 e. The number of rotatable bonds is 5. The van der Waals surface area contributed by atoms with Crippen LogP contribution in [-0.2, 0) is 16.0 Å². The Labute approximate surface area is 144 Å². The van der Waals surface area contributed by atoms with Gasteiger partial charge in [0.25, 0.3) is 5.91 Å². The van der Waals surface area contributed by atoms with E-state index < -0.39 is 23.6 Å². The first-order valence-electron chi connectivity index (χ1n) is 8.61. The van der Waals surface area contributed by atoms with Crippen molar-refractivity contribution in [3.63, 3.8) is 0 Å². The quantitative estimate of drug-likeness (QED) is 0.865. The molecule has 2 rings (SSSR count). The topological polar surface area (TPSA) is 69.6 Å². The van der Waals surface area contributed by atoms with Gasteiger partial charge in [-0.1, -0.05) is 30.3 Å². The van der Waals surface area contributed by atoms with Gasteiger partial charge in [0.15, 0.2) is 6.10 Å². The van der Waals surface area contributed by atoms with E-state index in [1.165, 1.54) is 0 Å². The summed E-state index contributed by atoms with van der Waals surface area (Å²) in [4.78, 5) is 26.4. The molecular formula is C19H28N2O3.